The first-order valence-electron chi connectivity index (χ1n) is 4.74. The van der Waals surface area contributed by atoms with Gasteiger partial charge in [0.05, 0.1) is 28.4 Å². The van der Waals surface area contributed by atoms with Crippen molar-refractivity contribution < 1.29 is 23.6 Å². The van der Waals surface area contributed by atoms with Gasteiger partial charge in [-0.25, -0.2) is 0 Å². The first-order valence-corrected chi connectivity index (χ1v) is 6.10. The van der Waals surface area contributed by atoms with E-state index in [1.165, 1.54) is 0 Å². The molecular weight excluding hydrogens is 301 g/mol. The zero-order chi connectivity index (χ0) is 14.6. The zero-order valence-corrected chi connectivity index (χ0v) is 11.1. The molecule has 0 radical (unpaired) electrons. The molecule has 1 rings (SSSR count). The van der Waals surface area contributed by atoms with Crippen LogP contribution in [0, 0.1) is 15.9 Å². The lowest BCUT2D eigenvalue weighted by Gasteiger charge is -2.03. The number of esters is 1. The fourth-order valence-corrected chi connectivity index (χ4v) is 2.08. The molecular formula is C10H7ClFNO5S. The maximum absolute atomic E-state index is 13.2. The van der Waals surface area contributed by atoms with E-state index in [1.54, 1.807) is 0 Å². The van der Waals surface area contributed by atoms with Gasteiger partial charge < -0.3 is 4.74 Å². The first kappa shape index (κ1) is 15.4. The number of ether oxygens (including phenoxy) is 1. The van der Waals surface area contributed by atoms with Gasteiger partial charge in [0.15, 0.2) is 0 Å². The van der Waals surface area contributed by atoms with Crippen molar-refractivity contribution in [3.8, 4) is 0 Å². The largest absolute Gasteiger partial charge is 0.468 e. The number of carbonyl (C=O) groups is 2. The van der Waals surface area contributed by atoms with Crippen molar-refractivity contribution in [2.75, 3.05) is 12.9 Å². The highest BCUT2D eigenvalue weighted by molar-refractivity contribution is 8.14. The van der Waals surface area contributed by atoms with Crippen LogP contribution in [0.4, 0.5) is 10.1 Å². The molecule has 9 heteroatoms. The summed E-state index contributed by atoms with van der Waals surface area (Å²) in [7, 11) is 1.16. The van der Waals surface area contributed by atoms with Crippen molar-refractivity contribution >= 4 is 40.1 Å². The summed E-state index contributed by atoms with van der Waals surface area (Å²) in [5.41, 5.74) is -1.09. The van der Waals surface area contributed by atoms with E-state index in [9.17, 15) is 24.1 Å². The van der Waals surface area contributed by atoms with E-state index in [1.807, 2.05) is 0 Å². The molecule has 19 heavy (non-hydrogen) atoms. The maximum atomic E-state index is 13.2. The number of carbonyl (C=O) groups excluding carboxylic acids is 2. The Morgan fingerprint density at radius 3 is 2.68 bits per heavy atom. The minimum atomic E-state index is -1.13. The molecule has 0 atom stereocenters. The highest BCUT2D eigenvalue weighted by atomic mass is 35.5. The Balaban J connectivity index is 3.00. The van der Waals surface area contributed by atoms with Crippen LogP contribution in [0.1, 0.15) is 10.4 Å². The standard InChI is InChI=1S/C10H7ClFNO5S/c1-18-9(14)4-19-10(15)5-2-8(13(16)17)7(12)3-6(5)11/h2-3H,4H2,1H3. The van der Waals surface area contributed by atoms with Crippen molar-refractivity contribution in [1.82, 2.24) is 0 Å². The number of hydrogen-bond donors (Lipinski definition) is 0. The van der Waals surface area contributed by atoms with Crippen LogP contribution in [0.15, 0.2) is 12.1 Å². The molecule has 0 aliphatic rings. The fourth-order valence-electron chi connectivity index (χ4n) is 1.10. The van der Waals surface area contributed by atoms with Crippen LogP contribution in [-0.4, -0.2) is 28.9 Å². The average Bonchev–Trinajstić information content (AvgIpc) is 2.35. The second kappa shape index (κ2) is 6.48. The van der Waals surface area contributed by atoms with Crippen molar-refractivity contribution in [2.24, 2.45) is 0 Å². The predicted molar refractivity (Wildman–Crippen MR) is 66.9 cm³/mol. The summed E-state index contributed by atoms with van der Waals surface area (Å²) < 4.78 is 17.5. The SMILES string of the molecule is COC(=O)CSC(=O)c1cc([N+](=O)[O-])c(F)cc1Cl. The van der Waals surface area contributed by atoms with Crippen molar-refractivity contribution in [3.63, 3.8) is 0 Å². The van der Waals surface area contributed by atoms with Gasteiger partial charge in [0, 0.05) is 12.1 Å². The van der Waals surface area contributed by atoms with Gasteiger partial charge in [0.2, 0.25) is 10.9 Å². The Morgan fingerprint density at radius 2 is 2.16 bits per heavy atom. The number of nitrogens with zero attached hydrogens (tertiary/aromatic N) is 1. The molecule has 6 nitrogen and oxygen atoms in total. The first-order chi connectivity index (χ1) is 8.86. The smallest absolute Gasteiger partial charge is 0.316 e. The quantitative estimate of drug-likeness (QED) is 0.482. The molecule has 1 aromatic carbocycles. The third kappa shape index (κ3) is 3.90. The molecule has 1 aromatic rings. The molecule has 0 aromatic heterocycles. The van der Waals surface area contributed by atoms with Gasteiger partial charge in [-0.15, -0.1) is 0 Å². The van der Waals surface area contributed by atoms with Gasteiger partial charge in [0.25, 0.3) is 0 Å². The summed E-state index contributed by atoms with van der Waals surface area (Å²) in [6, 6.07) is 1.43. The molecule has 0 saturated heterocycles. The van der Waals surface area contributed by atoms with Crippen molar-refractivity contribution in [1.29, 1.82) is 0 Å². The van der Waals surface area contributed by atoms with E-state index in [-0.39, 0.29) is 16.3 Å². The van der Waals surface area contributed by atoms with Gasteiger partial charge in [0.1, 0.15) is 0 Å². The highest BCUT2D eigenvalue weighted by Crippen LogP contribution is 2.28. The van der Waals surface area contributed by atoms with Gasteiger partial charge in [-0.3, -0.25) is 19.7 Å². The molecule has 0 amide bonds. The average molecular weight is 308 g/mol. The van der Waals surface area contributed by atoms with Crippen LogP contribution in [0.2, 0.25) is 5.02 Å². The molecule has 0 saturated carbocycles. The van der Waals surface area contributed by atoms with Crippen LogP contribution in [0.25, 0.3) is 0 Å². The number of rotatable bonds is 4. The second-order valence-corrected chi connectivity index (χ2v) is 4.55. The molecule has 0 fully saturated rings. The van der Waals surface area contributed by atoms with E-state index in [0.717, 1.165) is 13.2 Å². The predicted octanol–water partition coefficient (Wildman–Crippen LogP) is 2.43. The summed E-state index contributed by atoms with van der Waals surface area (Å²) in [6.45, 7) is 0. The topological polar surface area (TPSA) is 86.5 Å². The number of hydrogen-bond acceptors (Lipinski definition) is 6. The number of nitro groups is 1. The van der Waals surface area contributed by atoms with E-state index in [2.05, 4.69) is 4.74 Å². The molecule has 0 heterocycles. The van der Waals surface area contributed by atoms with Crippen LogP contribution in [0.3, 0.4) is 0 Å². The maximum Gasteiger partial charge on any atom is 0.316 e. The Hall–Kier alpha value is -1.67. The summed E-state index contributed by atoms with van der Waals surface area (Å²) >= 11 is 6.20. The van der Waals surface area contributed by atoms with E-state index in [4.69, 9.17) is 11.6 Å². The lowest BCUT2D eigenvalue weighted by Crippen LogP contribution is -2.07. The fraction of sp³-hybridized carbons (Fsp3) is 0.200. The Morgan fingerprint density at radius 1 is 1.53 bits per heavy atom. The number of methoxy groups -OCH3 is 1. The van der Waals surface area contributed by atoms with E-state index in [0.29, 0.717) is 17.8 Å². The summed E-state index contributed by atoms with van der Waals surface area (Å²) in [4.78, 5) is 32.1. The lowest BCUT2D eigenvalue weighted by atomic mass is 10.2. The molecule has 102 valence electrons. The molecule has 0 bridgehead atoms. The zero-order valence-electron chi connectivity index (χ0n) is 9.51. The molecule has 0 unspecified atom stereocenters. The van der Waals surface area contributed by atoms with Crippen LogP contribution < -0.4 is 0 Å². The normalized spacial score (nSPS) is 10.1. The monoisotopic (exact) mass is 307 g/mol. The van der Waals surface area contributed by atoms with Crippen molar-refractivity contribution in [2.45, 2.75) is 0 Å². The molecule has 0 aliphatic heterocycles. The number of benzene rings is 1. The summed E-state index contributed by atoms with van der Waals surface area (Å²) in [5, 5.41) is 9.61. The summed E-state index contributed by atoms with van der Waals surface area (Å²) in [6.07, 6.45) is 0. The van der Waals surface area contributed by atoms with Gasteiger partial charge in [-0.2, -0.15) is 4.39 Å². The van der Waals surface area contributed by atoms with Gasteiger partial charge >= 0.3 is 11.7 Å². The number of nitro benzene ring substituents is 1. The second-order valence-electron chi connectivity index (χ2n) is 3.19. The van der Waals surface area contributed by atoms with E-state index < -0.39 is 27.5 Å². The Labute approximate surface area is 116 Å². The third-order valence-corrected chi connectivity index (χ3v) is 3.18. The number of thioether (sulfide) groups is 1. The van der Waals surface area contributed by atoms with Crippen LogP contribution >= 0.6 is 23.4 Å². The van der Waals surface area contributed by atoms with Crippen LogP contribution in [0.5, 0.6) is 0 Å². The van der Waals surface area contributed by atoms with Gasteiger partial charge in [-0.1, -0.05) is 23.4 Å². The number of halogens is 2. The van der Waals surface area contributed by atoms with Gasteiger partial charge in [-0.05, 0) is 0 Å². The Bertz CT molecular complexity index is 551. The third-order valence-electron chi connectivity index (χ3n) is 2.00. The minimum absolute atomic E-state index is 0.233. The highest BCUT2D eigenvalue weighted by Gasteiger charge is 2.22. The lowest BCUT2D eigenvalue weighted by molar-refractivity contribution is -0.387. The van der Waals surface area contributed by atoms with E-state index >= 15 is 0 Å². The van der Waals surface area contributed by atoms with Crippen LogP contribution in [-0.2, 0) is 9.53 Å². The molecule has 0 spiro atoms. The Kier molecular flexibility index (Phi) is 5.25. The molecule has 0 N–H and O–H groups in total. The van der Waals surface area contributed by atoms with Crippen molar-refractivity contribution in [3.05, 3.63) is 38.7 Å². The molecule has 0 aliphatic carbocycles. The summed E-state index contributed by atoms with van der Waals surface area (Å²) in [5.74, 6) is -2.03. The minimum Gasteiger partial charge on any atom is -0.468 e.